The van der Waals surface area contributed by atoms with E-state index < -0.39 is 0 Å². The number of hydrogen-bond acceptors (Lipinski definition) is 3. The van der Waals surface area contributed by atoms with Gasteiger partial charge in [-0.25, -0.2) is 4.39 Å². The molecule has 2 heterocycles. The number of nitrogens with zero attached hydrogens (tertiary/aromatic N) is 1. The van der Waals surface area contributed by atoms with Gasteiger partial charge in [-0.05, 0) is 25.6 Å². The number of fused-ring (bicyclic) bond motifs is 1. The number of rotatable bonds is 3. The summed E-state index contributed by atoms with van der Waals surface area (Å²) >= 11 is 5.35. The maximum atomic E-state index is 13.7. The van der Waals surface area contributed by atoms with E-state index in [0.717, 1.165) is 25.1 Å². The number of halogens is 1. The van der Waals surface area contributed by atoms with Gasteiger partial charge in [-0.2, -0.15) is 0 Å². The van der Waals surface area contributed by atoms with Crippen molar-refractivity contribution in [3.8, 4) is 5.75 Å². The lowest BCUT2D eigenvalue weighted by Gasteiger charge is -2.15. The molecule has 1 aliphatic heterocycles. The van der Waals surface area contributed by atoms with Crippen LogP contribution in [0.1, 0.15) is 13.3 Å². The minimum Gasteiger partial charge on any atom is -0.494 e. The van der Waals surface area contributed by atoms with Crippen molar-refractivity contribution < 1.29 is 13.9 Å². The van der Waals surface area contributed by atoms with Gasteiger partial charge in [-0.15, -0.1) is 0 Å². The maximum Gasteiger partial charge on any atom is 0.178 e. The Morgan fingerprint density at radius 3 is 3.00 bits per heavy atom. The molecule has 1 aromatic carbocycles. The molecule has 3 rings (SSSR count). The third-order valence-electron chi connectivity index (χ3n) is 4.00. The van der Waals surface area contributed by atoms with Crippen LogP contribution in [0.15, 0.2) is 12.1 Å². The van der Waals surface area contributed by atoms with E-state index in [9.17, 15) is 4.39 Å². The number of imidazole rings is 1. The van der Waals surface area contributed by atoms with Crippen LogP contribution in [0.2, 0.25) is 0 Å². The number of benzene rings is 1. The van der Waals surface area contributed by atoms with Crippen molar-refractivity contribution in [3.63, 3.8) is 0 Å². The van der Waals surface area contributed by atoms with Crippen molar-refractivity contribution >= 4 is 23.3 Å². The summed E-state index contributed by atoms with van der Waals surface area (Å²) < 4.78 is 27.0. The summed E-state index contributed by atoms with van der Waals surface area (Å²) in [6.45, 7) is 3.64. The molecule has 1 saturated heterocycles. The summed E-state index contributed by atoms with van der Waals surface area (Å²) in [4.78, 5) is 3.05. The second kappa shape index (κ2) is 5.18. The summed E-state index contributed by atoms with van der Waals surface area (Å²) in [6.07, 6.45) is 1.25. The average molecular weight is 296 g/mol. The van der Waals surface area contributed by atoms with Crippen LogP contribution >= 0.6 is 12.2 Å². The zero-order chi connectivity index (χ0) is 14.3. The molecule has 0 amide bonds. The van der Waals surface area contributed by atoms with E-state index in [1.807, 2.05) is 4.57 Å². The highest BCUT2D eigenvalue weighted by molar-refractivity contribution is 7.71. The topological polar surface area (TPSA) is 39.2 Å². The Hall–Kier alpha value is -1.40. The van der Waals surface area contributed by atoms with E-state index in [4.69, 9.17) is 21.7 Å². The molecule has 0 spiro atoms. The molecule has 2 aromatic rings. The van der Waals surface area contributed by atoms with Crippen molar-refractivity contribution in [1.82, 2.24) is 9.55 Å². The molecule has 2 atom stereocenters. The number of aromatic nitrogens is 2. The highest BCUT2D eigenvalue weighted by atomic mass is 32.1. The molecular formula is C14H17FN2O2S. The predicted molar refractivity (Wildman–Crippen MR) is 77.2 cm³/mol. The zero-order valence-electron chi connectivity index (χ0n) is 11.5. The number of aromatic amines is 1. The van der Waals surface area contributed by atoms with Gasteiger partial charge in [0, 0.05) is 31.2 Å². The Kier molecular flexibility index (Phi) is 3.52. The van der Waals surface area contributed by atoms with Crippen LogP contribution < -0.4 is 4.74 Å². The van der Waals surface area contributed by atoms with E-state index in [1.165, 1.54) is 13.2 Å². The van der Waals surface area contributed by atoms with Crippen LogP contribution in [0.4, 0.5) is 4.39 Å². The molecule has 108 valence electrons. The van der Waals surface area contributed by atoms with Crippen LogP contribution in [-0.2, 0) is 11.3 Å². The normalized spacial score (nSPS) is 22.6. The van der Waals surface area contributed by atoms with Gasteiger partial charge >= 0.3 is 0 Å². The van der Waals surface area contributed by atoms with Crippen molar-refractivity contribution in [1.29, 1.82) is 0 Å². The number of H-pyrrole nitrogens is 1. The standard InChI is InChI=1S/C14H17FN2O2S/c1-8-9(3-4-19-8)7-17-12-6-13(18-2)10(15)5-11(12)16-14(17)20/h5-6,8-9H,3-4,7H2,1-2H3,(H,16,20). The van der Waals surface area contributed by atoms with Crippen LogP contribution in [0.25, 0.3) is 11.0 Å². The minimum atomic E-state index is -0.388. The fourth-order valence-electron chi connectivity index (χ4n) is 2.75. The number of nitrogens with one attached hydrogen (secondary N) is 1. The van der Waals surface area contributed by atoms with Gasteiger partial charge in [0.2, 0.25) is 0 Å². The van der Waals surface area contributed by atoms with Gasteiger partial charge in [-0.1, -0.05) is 0 Å². The fourth-order valence-corrected chi connectivity index (χ4v) is 3.03. The molecule has 4 nitrogen and oxygen atoms in total. The van der Waals surface area contributed by atoms with Crippen LogP contribution in [0.3, 0.4) is 0 Å². The molecule has 0 radical (unpaired) electrons. The minimum absolute atomic E-state index is 0.226. The molecule has 1 aliphatic rings. The largest absolute Gasteiger partial charge is 0.494 e. The Balaban J connectivity index is 2.05. The van der Waals surface area contributed by atoms with Gasteiger partial charge in [-0.3, -0.25) is 0 Å². The highest BCUT2D eigenvalue weighted by Crippen LogP contribution is 2.28. The second-order valence-electron chi connectivity index (χ2n) is 5.17. The van der Waals surface area contributed by atoms with Crippen LogP contribution in [0, 0.1) is 16.5 Å². The molecule has 1 fully saturated rings. The molecule has 6 heteroatoms. The fraction of sp³-hybridized carbons (Fsp3) is 0.500. The number of ether oxygens (including phenoxy) is 2. The third kappa shape index (κ3) is 2.23. The summed E-state index contributed by atoms with van der Waals surface area (Å²) in [5.74, 6) is 0.272. The first-order valence-electron chi connectivity index (χ1n) is 6.68. The molecule has 0 bridgehead atoms. The molecule has 2 unspecified atom stereocenters. The van der Waals surface area contributed by atoms with Crippen molar-refractivity contribution in [2.24, 2.45) is 5.92 Å². The van der Waals surface area contributed by atoms with E-state index in [0.29, 0.717) is 16.2 Å². The summed E-state index contributed by atoms with van der Waals surface area (Å²) in [7, 11) is 1.46. The van der Waals surface area contributed by atoms with Crippen molar-refractivity contribution in [3.05, 3.63) is 22.7 Å². The molecule has 1 aromatic heterocycles. The first-order chi connectivity index (χ1) is 9.60. The van der Waals surface area contributed by atoms with Gasteiger partial charge in [0.05, 0.1) is 24.2 Å². The molecule has 1 N–H and O–H groups in total. The molecule has 20 heavy (non-hydrogen) atoms. The maximum absolute atomic E-state index is 13.7. The molecule has 0 saturated carbocycles. The van der Waals surface area contributed by atoms with Gasteiger partial charge in [0.25, 0.3) is 0 Å². The lowest BCUT2D eigenvalue weighted by atomic mass is 10.0. The molecule has 0 aliphatic carbocycles. The summed E-state index contributed by atoms with van der Waals surface area (Å²) in [6, 6.07) is 3.12. The van der Waals surface area contributed by atoms with E-state index in [1.54, 1.807) is 6.07 Å². The lowest BCUT2D eigenvalue weighted by molar-refractivity contribution is 0.102. The summed E-state index contributed by atoms with van der Waals surface area (Å²) in [5, 5.41) is 0. The smallest absolute Gasteiger partial charge is 0.178 e. The Morgan fingerprint density at radius 2 is 2.35 bits per heavy atom. The average Bonchev–Trinajstić information content (AvgIpc) is 2.94. The van der Waals surface area contributed by atoms with E-state index in [-0.39, 0.29) is 17.7 Å². The van der Waals surface area contributed by atoms with E-state index >= 15 is 0 Å². The SMILES string of the molecule is COc1cc2c(cc1F)[nH]c(=S)n2CC1CCOC1C. The van der Waals surface area contributed by atoms with Gasteiger partial charge in [0.1, 0.15) is 0 Å². The monoisotopic (exact) mass is 296 g/mol. The third-order valence-corrected chi connectivity index (χ3v) is 4.32. The van der Waals surface area contributed by atoms with Crippen molar-refractivity contribution in [2.75, 3.05) is 13.7 Å². The Morgan fingerprint density at radius 1 is 1.55 bits per heavy atom. The van der Waals surface area contributed by atoms with Gasteiger partial charge in [0.15, 0.2) is 16.3 Å². The highest BCUT2D eigenvalue weighted by Gasteiger charge is 2.25. The van der Waals surface area contributed by atoms with Crippen molar-refractivity contribution in [2.45, 2.75) is 26.0 Å². The molecular weight excluding hydrogens is 279 g/mol. The Bertz CT molecular complexity index is 694. The zero-order valence-corrected chi connectivity index (χ0v) is 12.3. The predicted octanol–water partition coefficient (Wildman–Crippen LogP) is 3.27. The second-order valence-corrected chi connectivity index (χ2v) is 5.56. The summed E-state index contributed by atoms with van der Waals surface area (Å²) in [5.41, 5.74) is 1.56. The first-order valence-corrected chi connectivity index (χ1v) is 7.08. The van der Waals surface area contributed by atoms with Crippen LogP contribution in [0.5, 0.6) is 5.75 Å². The number of methoxy groups -OCH3 is 1. The van der Waals surface area contributed by atoms with Crippen LogP contribution in [-0.4, -0.2) is 29.4 Å². The van der Waals surface area contributed by atoms with E-state index in [2.05, 4.69) is 11.9 Å². The number of hydrogen-bond donors (Lipinski definition) is 1. The Labute approximate surface area is 121 Å². The lowest BCUT2D eigenvalue weighted by Crippen LogP contribution is -2.17. The quantitative estimate of drug-likeness (QED) is 0.884. The first kappa shape index (κ1) is 13.6. The van der Waals surface area contributed by atoms with Gasteiger partial charge < -0.3 is 19.0 Å².